The summed E-state index contributed by atoms with van der Waals surface area (Å²) < 4.78 is 0.962. The van der Waals surface area contributed by atoms with E-state index >= 15 is 0 Å². The highest BCUT2D eigenvalue weighted by Crippen LogP contribution is 2.23. The Hall–Kier alpha value is -2.25. The molecule has 7 heteroatoms. The second-order valence-corrected chi connectivity index (χ2v) is 8.95. The normalized spacial score (nSPS) is 18.4. The van der Waals surface area contributed by atoms with Gasteiger partial charge in [0.25, 0.3) is 5.91 Å². The third-order valence-electron chi connectivity index (χ3n) is 6.06. The van der Waals surface area contributed by atoms with Gasteiger partial charge in [0, 0.05) is 74.2 Å². The van der Waals surface area contributed by atoms with E-state index in [-0.39, 0.29) is 17.7 Å². The number of benzene rings is 1. The van der Waals surface area contributed by atoms with Gasteiger partial charge in [-0.3, -0.25) is 19.5 Å². The van der Waals surface area contributed by atoms with Crippen LogP contribution in [0.1, 0.15) is 28.8 Å². The summed E-state index contributed by atoms with van der Waals surface area (Å²) >= 11 is 3.40. The summed E-state index contributed by atoms with van der Waals surface area (Å²) in [5, 5.41) is 0. The molecule has 2 aliphatic heterocycles. The Labute approximate surface area is 186 Å². The number of rotatable bonds is 4. The van der Waals surface area contributed by atoms with Crippen molar-refractivity contribution in [2.75, 3.05) is 39.3 Å². The van der Waals surface area contributed by atoms with Gasteiger partial charge in [0.1, 0.15) is 0 Å². The first-order chi connectivity index (χ1) is 14.6. The first-order valence-corrected chi connectivity index (χ1v) is 11.3. The topological polar surface area (TPSA) is 56.8 Å². The lowest BCUT2D eigenvalue weighted by Crippen LogP contribution is -2.51. The van der Waals surface area contributed by atoms with E-state index in [4.69, 9.17) is 0 Å². The molecule has 3 heterocycles. The van der Waals surface area contributed by atoms with Gasteiger partial charge in [0.2, 0.25) is 5.91 Å². The van der Waals surface area contributed by atoms with Crippen LogP contribution in [0.15, 0.2) is 53.3 Å². The van der Waals surface area contributed by atoms with Gasteiger partial charge in [-0.05, 0) is 54.8 Å². The van der Waals surface area contributed by atoms with E-state index in [9.17, 15) is 9.59 Å². The van der Waals surface area contributed by atoms with Crippen LogP contribution in [0.25, 0.3) is 0 Å². The van der Waals surface area contributed by atoms with Crippen LogP contribution < -0.4 is 0 Å². The minimum atomic E-state index is 0.0331. The highest BCUT2D eigenvalue weighted by atomic mass is 79.9. The van der Waals surface area contributed by atoms with Gasteiger partial charge < -0.3 is 9.80 Å². The Morgan fingerprint density at radius 3 is 2.13 bits per heavy atom. The van der Waals surface area contributed by atoms with Gasteiger partial charge in [0.05, 0.1) is 0 Å². The van der Waals surface area contributed by atoms with E-state index in [0.29, 0.717) is 18.7 Å². The molecule has 0 radical (unpaired) electrons. The molecule has 0 saturated carbocycles. The van der Waals surface area contributed by atoms with Crippen molar-refractivity contribution < 1.29 is 9.59 Å². The summed E-state index contributed by atoms with van der Waals surface area (Å²) in [5.74, 6) is 0.346. The Kier molecular flexibility index (Phi) is 6.79. The Bertz CT molecular complexity index is 859. The molecule has 0 aliphatic carbocycles. The number of pyridine rings is 1. The molecule has 1 aromatic carbocycles. The second-order valence-electron chi connectivity index (χ2n) is 8.03. The van der Waals surface area contributed by atoms with E-state index in [1.807, 2.05) is 58.6 Å². The lowest BCUT2D eigenvalue weighted by molar-refractivity contribution is -0.138. The molecule has 0 spiro atoms. The van der Waals surface area contributed by atoms with Crippen LogP contribution >= 0.6 is 15.9 Å². The summed E-state index contributed by atoms with van der Waals surface area (Å²) in [6.07, 6.45) is 5.14. The molecule has 2 saturated heterocycles. The lowest BCUT2D eigenvalue weighted by atomic mass is 9.94. The van der Waals surface area contributed by atoms with Crippen LogP contribution in [0.3, 0.4) is 0 Å². The van der Waals surface area contributed by atoms with Crippen molar-refractivity contribution in [2.45, 2.75) is 19.4 Å². The van der Waals surface area contributed by atoms with E-state index in [0.717, 1.165) is 50.0 Å². The molecule has 6 nitrogen and oxygen atoms in total. The largest absolute Gasteiger partial charge is 0.340 e. The summed E-state index contributed by atoms with van der Waals surface area (Å²) in [7, 11) is 0. The number of piperidine rings is 1. The maximum absolute atomic E-state index is 13.0. The number of carbonyl (C=O) groups excluding carboxylic acids is 2. The highest BCUT2D eigenvalue weighted by molar-refractivity contribution is 9.10. The molecule has 2 aliphatic rings. The average molecular weight is 471 g/mol. The number of hydrogen-bond donors (Lipinski definition) is 0. The van der Waals surface area contributed by atoms with Crippen molar-refractivity contribution in [3.63, 3.8) is 0 Å². The van der Waals surface area contributed by atoms with Crippen LogP contribution in [0.5, 0.6) is 0 Å². The third-order valence-corrected chi connectivity index (χ3v) is 6.59. The molecular formula is C23H27BrN4O2. The summed E-state index contributed by atoms with van der Waals surface area (Å²) in [6, 6.07) is 11.5. The van der Waals surface area contributed by atoms with Crippen LogP contribution in [0, 0.1) is 5.92 Å². The van der Waals surface area contributed by atoms with Gasteiger partial charge in [-0.1, -0.05) is 15.9 Å². The van der Waals surface area contributed by atoms with E-state index in [1.54, 1.807) is 0 Å². The molecule has 158 valence electrons. The predicted octanol–water partition coefficient (Wildman–Crippen LogP) is 3.04. The van der Waals surface area contributed by atoms with E-state index in [2.05, 4.69) is 25.8 Å². The zero-order valence-corrected chi connectivity index (χ0v) is 18.6. The smallest absolute Gasteiger partial charge is 0.253 e. The molecule has 1 aromatic heterocycles. The number of nitrogens with zero attached hydrogens (tertiary/aromatic N) is 4. The maximum atomic E-state index is 13.0. The summed E-state index contributed by atoms with van der Waals surface area (Å²) in [4.78, 5) is 36.0. The molecule has 0 bridgehead atoms. The first-order valence-electron chi connectivity index (χ1n) is 10.5. The molecule has 4 rings (SSSR count). The summed E-state index contributed by atoms with van der Waals surface area (Å²) in [5.41, 5.74) is 1.96. The number of aromatic nitrogens is 1. The number of carbonyl (C=O) groups is 2. The van der Waals surface area contributed by atoms with Gasteiger partial charge in [0.15, 0.2) is 0 Å². The number of halogens is 1. The fourth-order valence-corrected chi connectivity index (χ4v) is 4.50. The number of likely N-dealkylation sites (tertiary alicyclic amines) is 1. The Morgan fingerprint density at radius 2 is 1.50 bits per heavy atom. The quantitative estimate of drug-likeness (QED) is 0.688. The standard InChI is InChI=1S/C23H27BrN4O2/c24-21-3-1-19(2-4-21)22(29)27-11-7-20(8-12-27)23(30)28-15-13-26(14-16-28)17-18-5-9-25-10-6-18/h1-6,9-10,20H,7-8,11-17H2. The van der Waals surface area contributed by atoms with Crippen LogP contribution in [-0.2, 0) is 11.3 Å². The molecule has 30 heavy (non-hydrogen) atoms. The highest BCUT2D eigenvalue weighted by Gasteiger charge is 2.31. The Morgan fingerprint density at radius 1 is 0.867 bits per heavy atom. The molecular weight excluding hydrogens is 444 g/mol. The van der Waals surface area contributed by atoms with Gasteiger partial charge in [-0.2, -0.15) is 0 Å². The molecule has 0 N–H and O–H groups in total. The van der Waals surface area contributed by atoms with E-state index < -0.39 is 0 Å². The lowest BCUT2D eigenvalue weighted by Gasteiger charge is -2.38. The van der Waals surface area contributed by atoms with E-state index in [1.165, 1.54) is 5.56 Å². The predicted molar refractivity (Wildman–Crippen MR) is 119 cm³/mol. The van der Waals surface area contributed by atoms with Gasteiger partial charge >= 0.3 is 0 Å². The number of piperazine rings is 1. The van der Waals surface area contributed by atoms with Crippen molar-refractivity contribution in [3.8, 4) is 0 Å². The maximum Gasteiger partial charge on any atom is 0.253 e. The SMILES string of the molecule is O=C(c1ccc(Br)cc1)N1CCC(C(=O)N2CCN(Cc3ccncc3)CC2)CC1. The van der Waals surface area contributed by atoms with Crippen LogP contribution in [-0.4, -0.2) is 70.8 Å². The molecule has 2 amide bonds. The van der Waals surface area contributed by atoms with Crippen molar-refractivity contribution in [1.82, 2.24) is 19.7 Å². The van der Waals surface area contributed by atoms with Crippen LogP contribution in [0.2, 0.25) is 0 Å². The van der Waals surface area contributed by atoms with Crippen molar-refractivity contribution in [3.05, 3.63) is 64.4 Å². The second kappa shape index (κ2) is 9.71. The molecule has 2 aromatic rings. The number of hydrogen-bond acceptors (Lipinski definition) is 4. The van der Waals surface area contributed by atoms with Gasteiger partial charge in [-0.25, -0.2) is 0 Å². The monoisotopic (exact) mass is 470 g/mol. The fourth-order valence-electron chi connectivity index (χ4n) is 4.24. The zero-order chi connectivity index (χ0) is 20.9. The third kappa shape index (κ3) is 5.08. The average Bonchev–Trinajstić information content (AvgIpc) is 2.80. The fraction of sp³-hybridized carbons (Fsp3) is 0.435. The van der Waals surface area contributed by atoms with Crippen LogP contribution in [0.4, 0.5) is 0 Å². The first kappa shape index (κ1) is 21.0. The van der Waals surface area contributed by atoms with Gasteiger partial charge in [-0.15, -0.1) is 0 Å². The minimum absolute atomic E-state index is 0.0331. The Balaban J connectivity index is 1.24. The van der Waals surface area contributed by atoms with Crippen molar-refractivity contribution in [1.29, 1.82) is 0 Å². The molecule has 0 atom stereocenters. The zero-order valence-electron chi connectivity index (χ0n) is 17.0. The summed E-state index contributed by atoms with van der Waals surface area (Å²) in [6.45, 7) is 5.55. The molecule has 2 fully saturated rings. The minimum Gasteiger partial charge on any atom is -0.340 e. The van der Waals surface area contributed by atoms with Crippen molar-refractivity contribution in [2.24, 2.45) is 5.92 Å². The number of amides is 2. The van der Waals surface area contributed by atoms with Crippen molar-refractivity contribution >= 4 is 27.7 Å². The molecule has 0 unspecified atom stereocenters.